The van der Waals surface area contributed by atoms with Crippen molar-refractivity contribution in [3.63, 3.8) is 0 Å². The summed E-state index contributed by atoms with van der Waals surface area (Å²) in [6.45, 7) is 11.0. The molecular formula is C29H34N4O5. The largest absolute Gasteiger partial charge is 0.504 e. The van der Waals surface area contributed by atoms with Gasteiger partial charge in [-0.2, -0.15) is 0 Å². The van der Waals surface area contributed by atoms with Gasteiger partial charge in [-0.15, -0.1) is 0 Å². The predicted molar refractivity (Wildman–Crippen MR) is 146 cm³/mol. The first-order valence-electron chi connectivity index (χ1n) is 12.7. The van der Waals surface area contributed by atoms with Crippen LogP contribution < -0.4 is 15.4 Å². The lowest BCUT2D eigenvalue weighted by molar-refractivity contribution is 0.0357. The molecule has 2 heterocycles. The van der Waals surface area contributed by atoms with Gasteiger partial charge in [-0.1, -0.05) is 37.8 Å². The third kappa shape index (κ3) is 8.00. The molecule has 1 aromatic heterocycles. The molecule has 0 aliphatic carbocycles. The van der Waals surface area contributed by atoms with E-state index in [1.807, 2.05) is 39.0 Å². The molecule has 0 unspecified atom stereocenters. The van der Waals surface area contributed by atoms with E-state index in [0.717, 1.165) is 44.8 Å². The molecule has 1 fully saturated rings. The monoisotopic (exact) mass is 518 g/mol. The normalized spacial score (nSPS) is 13.9. The summed E-state index contributed by atoms with van der Waals surface area (Å²) in [7, 11) is 0. The van der Waals surface area contributed by atoms with E-state index in [0.29, 0.717) is 35.2 Å². The number of benzene rings is 2. The Morgan fingerprint density at radius 2 is 1.76 bits per heavy atom. The number of urea groups is 1. The van der Waals surface area contributed by atoms with Gasteiger partial charge < -0.3 is 24.4 Å². The van der Waals surface area contributed by atoms with Crippen LogP contribution in [-0.4, -0.2) is 60.6 Å². The van der Waals surface area contributed by atoms with Crippen molar-refractivity contribution >= 4 is 17.5 Å². The fraction of sp³-hybridized carbons (Fsp3) is 0.379. The predicted octanol–water partition coefficient (Wildman–Crippen LogP) is 4.82. The van der Waals surface area contributed by atoms with Gasteiger partial charge in [0.1, 0.15) is 5.76 Å². The molecule has 200 valence electrons. The number of anilines is 2. The molecule has 1 aliphatic heterocycles. The maximum absolute atomic E-state index is 12.3. The summed E-state index contributed by atoms with van der Waals surface area (Å²) in [5, 5.41) is 19.6. The van der Waals surface area contributed by atoms with Crippen LogP contribution >= 0.6 is 0 Å². The molecule has 3 N–H and O–H groups in total. The number of nitrogens with zero attached hydrogens (tertiary/aromatic N) is 2. The maximum Gasteiger partial charge on any atom is 0.324 e. The summed E-state index contributed by atoms with van der Waals surface area (Å²) in [6, 6.07) is 13.6. The van der Waals surface area contributed by atoms with Crippen LogP contribution in [0.25, 0.3) is 0 Å². The van der Waals surface area contributed by atoms with E-state index in [1.54, 1.807) is 30.3 Å². The molecule has 0 radical (unpaired) electrons. The fourth-order valence-corrected chi connectivity index (χ4v) is 3.76. The van der Waals surface area contributed by atoms with E-state index < -0.39 is 6.03 Å². The molecule has 2 amide bonds. The average molecular weight is 519 g/mol. The minimum absolute atomic E-state index is 0.0652. The van der Waals surface area contributed by atoms with Crippen LogP contribution in [0.4, 0.5) is 16.3 Å². The lowest BCUT2D eigenvalue weighted by Gasteiger charge is -2.26. The van der Waals surface area contributed by atoms with E-state index in [9.17, 15) is 9.90 Å². The van der Waals surface area contributed by atoms with Crippen LogP contribution in [0.3, 0.4) is 0 Å². The molecule has 9 nitrogen and oxygen atoms in total. The highest BCUT2D eigenvalue weighted by Gasteiger charge is 2.20. The number of hydrogen-bond acceptors (Lipinski definition) is 7. The summed E-state index contributed by atoms with van der Waals surface area (Å²) >= 11 is 0. The zero-order valence-electron chi connectivity index (χ0n) is 22.0. The molecule has 9 heteroatoms. The maximum atomic E-state index is 12.3. The Morgan fingerprint density at radius 3 is 2.45 bits per heavy atom. The average Bonchev–Trinajstić information content (AvgIpc) is 3.37. The number of morpholine rings is 1. The summed E-state index contributed by atoms with van der Waals surface area (Å²) in [5.74, 6) is 7.66. The molecule has 1 saturated heterocycles. The van der Waals surface area contributed by atoms with Crippen molar-refractivity contribution in [3.8, 4) is 23.3 Å². The number of aromatic hydroxyl groups is 1. The van der Waals surface area contributed by atoms with Gasteiger partial charge in [0.15, 0.2) is 17.3 Å². The summed E-state index contributed by atoms with van der Waals surface area (Å²) in [6.07, 6.45) is 0.881. The van der Waals surface area contributed by atoms with Crippen LogP contribution in [0.2, 0.25) is 0 Å². The zero-order valence-corrected chi connectivity index (χ0v) is 22.0. The highest BCUT2D eigenvalue weighted by molar-refractivity contribution is 5.99. The molecule has 0 bridgehead atoms. The van der Waals surface area contributed by atoms with E-state index in [1.165, 1.54) is 0 Å². The van der Waals surface area contributed by atoms with E-state index in [4.69, 9.17) is 14.0 Å². The minimum Gasteiger partial charge on any atom is -0.504 e. The number of phenolic OH excluding ortho intramolecular Hbond substituents is 1. The lowest BCUT2D eigenvalue weighted by atomic mass is 9.93. The molecule has 0 spiro atoms. The smallest absolute Gasteiger partial charge is 0.324 e. The standard InChI is InChI=1S/C29H34N4O5/c1-29(2,3)26-20-27(32-38-26)31-28(35)30-23-10-7-21(8-11-23)5-6-22-9-12-25(24(34)19-22)37-16-4-13-33-14-17-36-18-15-33/h7-12,19-20,34H,4,13-18H2,1-3H3,(H2,30,31,32,35). The Kier molecular flexibility index (Phi) is 8.89. The van der Waals surface area contributed by atoms with Gasteiger partial charge in [0, 0.05) is 47.9 Å². The number of rotatable bonds is 7. The van der Waals surface area contributed by atoms with Crippen molar-refractivity contribution in [1.82, 2.24) is 10.1 Å². The number of ether oxygens (including phenoxy) is 2. The van der Waals surface area contributed by atoms with E-state index in [2.05, 4.69) is 32.5 Å². The molecular weight excluding hydrogens is 484 g/mol. The van der Waals surface area contributed by atoms with Crippen LogP contribution in [0.5, 0.6) is 11.5 Å². The van der Waals surface area contributed by atoms with Gasteiger partial charge in [0.05, 0.1) is 19.8 Å². The second-order valence-corrected chi connectivity index (χ2v) is 10.1. The number of nitrogens with one attached hydrogen (secondary N) is 2. The second-order valence-electron chi connectivity index (χ2n) is 10.1. The topological polar surface area (TPSA) is 109 Å². The molecule has 2 aromatic carbocycles. The van der Waals surface area contributed by atoms with Crippen LogP contribution in [0.15, 0.2) is 53.1 Å². The van der Waals surface area contributed by atoms with Crippen molar-refractivity contribution in [3.05, 3.63) is 65.4 Å². The van der Waals surface area contributed by atoms with Gasteiger partial charge >= 0.3 is 6.03 Å². The van der Waals surface area contributed by atoms with E-state index in [-0.39, 0.29) is 11.2 Å². The Bertz CT molecular complexity index is 1280. The Balaban J connectivity index is 1.24. The number of carbonyl (C=O) groups is 1. The van der Waals surface area contributed by atoms with Gasteiger partial charge in [0.2, 0.25) is 0 Å². The van der Waals surface area contributed by atoms with Crippen LogP contribution in [0, 0.1) is 11.8 Å². The zero-order chi connectivity index (χ0) is 27.0. The van der Waals surface area contributed by atoms with Gasteiger partial charge in [-0.25, -0.2) is 4.79 Å². The number of aromatic nitrogens is 1. The molecule has 0 atom stereocenters. The van der Waals surface area contributed by atoms with Gasteiger partial charge in [-0.05, 0) is 48.9 Å². The van der Waals surface area contributed by atoms with Crippen molar-refractivity contribution in [1.29, 1.82) is 0 Å². The Hall–Kier alpha value is -4.00. The quantitative estimate of drug-likeness (QED) is 0.304. The minimum atomic E-state index is -0.420. The van der Waals surface area contributed by atoms with Crippen molar-refractivity contribution < 1.29 is 23.9 Å². The molecule has 3 aromatic rings. The van der Waals surface area contributed by atoms with Gasteiger partial charge in [-0.3, -0.25) is 10.2 Å². The second kappa shape index (κ2) is 12.5. The Morgan fingerprint density at radius 1 is 1.05 bits per heavy atom. The highest BCUT2D eigenvalue weighted by Crippen LogP contribution is 2.27. The number of amides is 2. The van der Waals surface area contributed by atoms with E-state index >= 15 is 0 Å². The summed E-state index contributed by atoms with van der Waals surface area (Å²) in [5.41, 5.74) is 1.86. The molecule has 4 rings (SSSR count). The number of carbonyl (C=O) groups excluding carboxylic acids is 1. The molecule has 38 heavy (non-hydrogen) atoms. The van der Waals surface area contributed by atoms with Gasteiger partial charge in [0.25, 0.3) is 0 Å². The van der Waals surface area contributed by atoms with Crippen molar-refractivity contribution in [2.75, 3.05) is 50.1 Å². The fourth-order valence-electron chi connectivity index (χ4n) is 3.76. The SMILES string of the molecule is CC(C)(C)c1cc(NC(=O)Nc2ccc(C#Cc3ccc(OCCCN4CCOCC4)c(O)c3)cc2)no1. The van der Waals surface area contributed by atoms with Crippen LogP contribution in [-0.2, 0) is 10.2 Å². The van der Waals surface area contributed by atoms with Crippen LogP contribution in [0.1, 0.15) is 44.1 Å². The third-order valence-corrected chi connectivity index (χ3v) is 5.92. The Labute approximate surface area is 223 Å². The first kappa shape index (κ1) is 27.0. The number of hydrogen-bond donors (Lipinski definition) is 3. The van der Waals surface area contributed by atoms with Crippen molar-refractivity contribution in [2.45, 2.75) is 32.6 Å². The molecule has 0 saturated carbocycles. The summed E-state index contributed by atoms with van der Waals surface area (Å²) < 4.78 is 16.4. The summed E-state index contributed by atoms with van der Waals surface area (Å²) in [4.78, 5) is 14.6. The number of phenols is 1. The lowest BCUT2D eigenvalue weighted by Crippen LogP contribution is -2.37. The highest BCUT2D eigenvalue weighted by atomic mass is 16.5. The first-order valence-corrected chi connectivity index (χ1v) is 12.7. The first-order chi connectivity index (χ1) is 18.3. The van der Waals surface area contributed by atoms with Crippen molar-refractivity contribution in [2.24, 2.45) is 0 Å². The third-order valence-electron chi connectivity index (χ3n) is 5.92. The molecule has 1 aliphatic rings.